The zero-order valence-corrected chi connectivity index (χ0v) is 12.5. The summed E-state index contributed by atoms with van der Waals surface area (Å²) >= 11 is 1.88. The SMILES string of the molecule is Cc1cc(C#N)ccc1CNC1CCCc2sccc21. The number of hydrogen-bond acceptors (Lipinski definition) is 3. The number of nitrogens with zero attached hydrogens (tertiary/aromatic N) is 1. The summed E-state index contributed by atoms with van der Waals surface area (Å²) in [6.07, 6.45) is 3.73. The van der Waals surface area contributed by atoms with Crippen LogP contribution in [0.3, 0.4) is 0 Å². The van der Waals surface area contributed by atoms with Crippen molar-refractivity contribution < 1.29 is 0 Å². The number of fused-ring (bicyclic) bond motifs is 1. The largest absolute Gasteiger partial charge is 0.306 e. The van der Waals surface area contributed by atoms with Crippen molar-refractivity contribution in [3.05, 3.63) is 56.8 Å². The van der Waals surface area contributed by atoms with Gasteiger partial charge in [-0.2, -0.15) is 5.26 Å². The number of hydrogen-bond donors (Lipinski definition) is 1. The van der Waals surface area contributed by atoms with E-state index in [1.165, 1.54) is 36.0 Å². The van der Waals surface area contributed by atoms with Crippen LogP contribution in [0.2, 0.25) is 0 Å². The molecule has 0 fully saturated rings. The van der Waals surface area contributed by atoms with Crippen molar-refractivity contribution in [2.24, 2.45) is 0 Å². The molecule has 0 spiro atoms. The first-order chi connectivity index (χ1) is 9.78. The molecule has 0 saturated carbocycles. The topological polar surface area (TPSA) is 35.8 Å². The zero-order chi connectivity index (χ0) is 13.9. The summed E-state index contributed by atoms with van der Waals surface area (Å²) in [4.78, 5) is 1.55. The molecule has 0 aliphatic heterocycles. The van der Waals surface area contributed by atoms with Gasteiger partial charge in [0.25, 0.3) is 0 Å². The van der Waals surface area contributed by atoms with Gasteiger partial charge < -0.3 is 5.32 Å². The van der Waals surface area contributed by atoms with Gasteiger partial charge in [0.1, 0.15) is 0 Å². The van der Waals surface area contributed by atoms with Crippen LogP contribution in [0.4, 0.5) is 0 Å². The smallest absolute Gasteiger partial charge is 0.0991 e. The summed E-state index contributed by atoms with van der Waals surface area (Å²) in [6, 6.07) is 10.9. The fourth-order valence-corrected chi connectivity index (χ4v) is 3.88. The maximum atomic E-state index is 8.91. The molecule has 2 aromatic rings. The summed E-state index contributed by atoms with van der Waals surface area (Å²) in [6.45, 7) is 2.95. The van der Waals surface area contributed by atoms with Gasteiger partial charge >= 0.3 is 0 Å². The first kappa shape index (κ1) is 13.4. The van der Waals surface area contributed by atoms with Crippen LogP contribution in [0.15, 0.2) is 29.6 Å². The lowest BCUT2D eigenvalue weighted by Crippen LogP contribution is -2.24. The fourth-order valence-electron chi connectivity index (χ4n) is 2.90. The highest BCUT2D eigenvalue weighted by molar-refractivity contribution is 7.10. The van der Waals surface area contributed by atoms with Gasteiger partial charge in [-0.15, -0.1) is 11.3 Å². The number of benzene rings is 1. The third-order valence-corrected chi connectivity index (χ3v) is 5.06. The maximum absolute atomic E-state index is 8.91. The predicted octanol–water partition coefficient (Wildman–Crippen LogP) is 4.10. The predicted molar refractivity (Wildman–Crippen MR) is 82.7 cm³/mol. The van der Waals surface area contributed by atoms with Crippen molar-refractivity contribution in [2.75, 3.05) is 0 Å². The van der Waals surface area contributed by atoms with E-state index in [9.17, 15) is 0 Å². The number of nitrogens with one attached hydrogen (secondary N) is 1. The minimum Gasteiger partial charge on any atom is -0.306 e. The van der Waals surface area contributed by atoms with Crippen LogP contribution >= 0.6 is 11.3 Å². The van der Waals surface area contributed by atoms with Gasteiger partial charge in [-0.25, -0.2) is 0 Å². The van der Waals surface area contributed by atoms with Crippen molar-refractivity contribution in [1.82, 2.24) is 5.32 Å². The van der Waals surface area contributed by atoms with E-state index in [1.807, 2.05) is 23.5 Å². The molecule has 0 saturated heterocycles. The van der Waals surface area contributed by atoms with Crippen LogP contribution in [0, 0.1) is 18.3 Å². The van der Waals surface area contributed by atoms with Gasteiger partial charge in [0.2, 0.25) is 0 Å². The van der Waals surface area contributed by atoms with Crippen LogP contribution in [0.1, 0.15) is 46.0 Å². The molecule has 1 unspecified atom stereocenters. The highest BCUT2D eigenvalue weighted by Gasteiger charge is 2.20. The van der Waals surface area contributed by atoms with E-state index in [-0.39, 0.29) is 0 Å². The molecule has 2 nitrogen and oxygen atoms in total. The van der Waals surface area contributed by atoms with Crippen molar-refractivity contribution in [2.45, 2.75) is 38.8 Å². The molecule has 1 aromatic heterocycles. The van der Waals surface area contributed by atoms with Crippen molar-refractivity contribution >= 4 is 11.3 Å². The van der Waals surface area contributed by atoms with Crippen molar-refractivity contribution in [3.63, 3.8) is 0 Å². The lowest BCUT2D eigenvalue weighted by molar-refractivity contribution is 0.462. The standard InChI is InChI=1S/C17H18N2S/c1-12-9-13(10-18)5-6-14(12)11-19-16-3-2-4-17-15(16)7-8-20-17/h5-9,16,19H,2-4,11H2,1H3. The van der Waals surface area contributed by atoms with Crippen molar-refractivity contribution in [3.8, 4) is 6.07 Å². The molecule has 3 rings (SSSR count). The highest BCUT2D eigenvalue weighted by Crippen LogP contribution is 2.33. The quantitative estimate of drug-likeness (QED) is 0.920. The molecule has 0 radical (unpaired) electrons. The molecule has 1 aliphatic carbocycles. The molecular formula is C17H18N2S. The Labute approximate surface area is 124 Å². The Balaban J connectivity index is 1.71. The molecule has 3 heteroatoms. The molecule has 102 valence electrons. The minimum atomic E-state index is 0.486. The van der Waals surface area contributed by atoms with E-state index in [0.717, 1.165) is 12.1 Å². The average Bonchev–Trinajstić information content (AvgIpc) is 2.95. The van der Waals surface area contributed by atoms with E-state index in [4.69, 9.17) is 5.26 Å². The highest BCUT2D eigenvalue weighted by atomic mass is 32.1. The first-order valence-electron chi connectivity index (χ1n) is 7.07. The van der Waals surface area contributed by atoms with E-state index in [2.05, 4.69) is 35.8 Å². The zero-order valence-electron chi connectivity index (χ0n) is 11.6. The number of thiophene rings is 1. The monoisotopic (exact) mass is 282 g/mol. The summed E-state index contributed by atoms with van der Waals surface area (Å²) in [7, 11) is 0. The van der Waals surface area contributed by atoms with Gasteiger partial charge in [0, 0.05) is 17.5 Å². The molecule has 0 amide bonds. The Morgan fingerprint density at radius 2 is 2.30 bits per heavy atom. The average molecular weight is 282 g/mol. The van der Waals surface area contributed by atoms with Gasteiger partial charge in [0.05, 0.1) is 11.6 Å². The van der Waals surface area contributed by atoms with E-state index in [0.29, 0.717) is 6.04 Å². The van der Waals surface area contributed by atoms with Crippen molar-refractivity contribution in [1.29, 1.82) is 5.26 Å². The Morgan fingerprint density at radius 3 is 3.10 bits per heavy atom. The summed E-state index contributed by atoms with van der Waals surface area (Å²) in [5.74, 6) is 0. The number of rotatable bonds is 3. The third kappa shape index (κ3) is 2.63. The number of nitriles is 1. The van der Waals surface area contributed by atoms with Crippen LogP contribution in [0.5, 0.6) is 0 Å². The minimum absolute atomic E-state index is 0.486. The molecule has 1 aromatic carbocycles. The van der Waals surface area contributed by atoms with Gasteiger partial charge in [0.15, 0.2) is 0 Å². The third-order valence-electron chi connectivity index (χ3n) is 4.06. The summed E-state index contributed by atoms with van der Waals surface area (Å²) in [5, 5.41) is 14.8. The number of aryl methyl sites for hydroxylation is 2. The second-order valence-corrected chi connectivity index (χ2v) is 6.38. The van der Waals surface area contributed by atoms with Crippen LogP contribution < -0.4 is 5.32 Å². The fraction of sp³-hybridized carbons (Fsp3) is 0.353. The molecule has 1 N–H and O–H groups in total. The van der Waals surface area contributed by atoms with Gasteiger partial charge in [-0.05, 0) is 66.5 Å². The summed E-state index contributed by atoms with van der Waals surface area (Å²) < 4.78 is 0. The van der Waals surface area contributed by atoms with Crippen LogP contribution in [0.25, 0.3) is 0 Å². The lowest BCUT2D eigenvalue weighted by atomic mass is 9.93. The Morgan fingerprint density at radius 1 is 1.40 bits per heavy atom. The summed E-state index contributed by atoms with van der Waals surface area (Å²) in [5.41, 5.74) is 4.71. The second-order valence-electron chi connectivity index (χ2n) is 5.38. The molecule has 1 atom stereocenters. The molecule has 20 heavy (non-hydrogen) atoms. The van der Waals surface area contributed by atoms with E-state index >= 15 is 0 Å². The molecule has 0 bridgehead atoms. The second kappa shape index (κ2) is 5.78. The molecule has 1 heterocycles. The van der Waals surface area contributed by atoms with E-state index in [1.54, 1.807) is 4.88 Å². The Hall–Kier alpha value is -1.63. The lowest BCUT2D eigenvalue weighted by Gasteiger charge is -2.24. The van der Waals surface area contributed by atoms with Gasteiger partial charge in [-0.3, -0.25) is 0 Å². The molecule has 1 aliphatic rings. The van der Waals surface area contributed by atoms with Crippen LogP contribution in [-0.4, -0.2) is 0 Å². The normalized spacial score (nSPS) is 17.5. The Bertz CT molecular complexity index is 651. The van der Waals surface area contributed by atoms with Gasteiger partial charge in [-0.1, -0.05) is 6.07 Å². The van der Waals surface area contributed by atoms with Crippen LogP contribution in [-0.2, 0) is 13.0 Å². The van der Waals surface area contributed by atoms with E-state index < -0.39 is 0 Å². The maximum Gasteiger partial charge on any atom is 0.0991 e. The molecular weight excluding hydrogens is 264 g/mol. The Kier molecular flexibility index (Phi) is 3.86. The first-order valence-corrected chi connectivity index (χ1v) is 7.95.